The maximum atomic E-state index is 13.1. The Hall–Kier alpha value is -1.48. The molecule has 1 aromatic carbocycles. The van der Waals surface area contributed by atoms with Crippen molar-refractivity contribution in [3.05, 3.63) is 41.2 Å². The molecule has 0 aromatic heterocycles. The molecule has 0 unspecified atom stereocenters. The van der Waals surface area contributed by atoms with E-state index in [4.69, 9.17) is 5.73 Å². The predicted octanol–water partition coefficient (Wildman–Crippen LogP) is 1.50. The Morgan fingerprint density at radius 2 is 2.23 bits per heavy atom. The number of allylic oxidation sites excluding steroid dienone is 1. The average molecular weight is 179 g/mol. The van der Waals surface area contributed by atoms with Crippen LogP contribution in [-0.4, -0.2) is 6.29 Å². The summed E-state index contributed by atoms with van der Waals surface area (Å²) < 4.78 is 13.1. The van der Waals surface area contributed by atoms with E-state index >= 15 is 0 Å². The van der Waals surface area contributed by atoms with Gasteiger partial charge in [-0.05, 0) is 17.7 Å². The van der Waals surface area contributed by atoms with Gasteiger partial charge in [-0.25, -0.2) is 4.39 Å². The second kappa shape index (κ2) is 4.52. The minimum Gasteiger partial charge on any atom is -0.326 e. The van der Waals surface area contributed by atoms with Crippen LogP contribution in [0.25, 0.3) is 6.08 Å². The van der Waals surface area contributed by atoms with Crippen molar-refractivity contribution in [2.75, 3.05) is 0 Å². The van der Waals surface area contributed by atoms with E-state index in [0.717, 1.165) is 0 Å². The lowest BCUT2D eigenvalue weighted by molar-refractivity contribution is -0.104. The smallest absolute Gasteiger partial charge is 0.142 e. The molecule has 0 atom stereocenters. The van der Waals surface area contributed by atoms with Gasteiger partial charge < -0.3 is 5.73 Å². The van der Waals surface area contributed by atoms with Crippen molar-refractivity contribution in [1.82, 2.24) is 0 Å². The fraction of sp³-hybridized carbons (Fsp3) is 0.100. The second-order valence-electron chi connectivity index (χ2n) is 2.55. The first kappa shape index (κ1) is 9.61. The van der Waals surface area contributed by atoms with Gasteiger partial charge in [0.15, 0.2) is 0 Å². The molecule has 0 aliphatic rings. The highest BCUT2D eigenvalue weighted by molar-refractivity contribution is 5.73. The molecule has 0 heterocycles. The number of carbonyl (C=O) groups is 1. The molecule has 0 aliphatic carbocycles. The molecule has 0 saturated carbocycles. The topological polar surface area (TPSA) is 43.1 Å². The maximum Gasteiger partial charge on any atom is 0.142 e. The first-order valence-corrected chi connectivity index (χ1v) is 3.88. The van der Waals surface area contributed by atoms with Crippen molar-refractivity contribution in [2.45, 2.75) is 6.54 Å². The van der Waals surface area contributed by atoms with Crippen LogP contribution in [-0.2, 0) is 11.3 Å². The summed E-state index contributed by atoms with van der Waals surface area (Å²) in [5, 5.41) is 0. The maximum absolute atomic E-state index is 13.1. The van der Waals surface area contributed by atoms with Crippen LogP contribution in [0.2, 0.25) is 0 Å². The number of nitrogens with two attached hydrogens (primary N) is 1. The quantitative estimate of drug-likeness (QED) is 0.564. The Labute approximate surface area is 75.9 Å². The summed E-state index contributed by atoms with van der Waals surface area (Å²) in [7, 11) is 0. The molecule has 68 valence electrons. The zero-order valence-electron chi connectivity index (χ0n) is 7.03. The third-order valence-electron chi connectivity index (χ3n) is 1.66. The highest BCUT2D eigenvalue weighted by Crippen LogP contribution is 2.10. The zero-order chi connectivity index (χ0) is 9.68. The molecule has 1 rings (SSSR count). The molecule has 3 heteroatoms. The van der Waals surface area contributed by atoms with Gasteiger partial charge in [0.2, 0.25) is 0 Å². The van der Waals surface area contributed by atoms with Gasteiger partial charge >= 0.3 is 0 Å². The predicted molar refractivity (Wildman–Crippen MR) is 49.4 cm³/mol. The van der Waals surface area contributed by atoms with E-state index in [9.17, 15) is 9.18 Å². The summed E-state index contributed by atoms with van der Waals surface area (Å²) in [4.78, 5) is 9.99. The largest absolute Gasteiger partial charge is 0.326 e. The van der Waals surface area contributed by atoms with Gasteiger partial charge in [-0.3, -0.25) is 4.79 Å². The zero-order valence-corrected chi connectivity index (χ0v) is 7.03. The average Bonchev–Trinajstić information content (AvgIpc) is 2.15. The Morgan fingerprint density at radius 1 is 1.46 bits per heavy atom. The number of aldehydes is 1. The second-order valence-corrected chi connectivity index (χ2v) is 2.55. The SMILES string of the molecule is NCc1ccc(C=CC=O)cc1F. The molecule has 0 aliphatic heterocycles. The van der Waals surface area contributed by atoms with Gasteiger partial charge in [0.25, 0.3) is 0 Å². The van der Waals surface area contributed by atoms with Gasteiger partial charge in [-0.1, -0.05) is 18.2 Å². The standard InChI is InChI=1S/C10H10FNO/c11-10-6-8(2-1-5-13)3-4-9(10)7-12/h1-6H,7,12H2. The van der Waals surface area contributed by atoms with Gasteiger partial charge in [0.05, 0.1) is 0 Å². The normalized spacial score (nSPS) is 10.6. The monoisotopic (exact) mass is 179 g/mol. The third-order valence-corrected chi connectivity index (χ3v) is 1.66. The number of rotatable bonds is 3. The van der Waals surface area contributed by atoms with Crippen LogP contribution in [0.15, 0.2) is 24.3 Å². The number of hydrogen-bond acceptors (Lipinski definition) is 2. The van der Waals surface area contributed by atoms with Gasteiger partial charge in [0.1, 0.15) is 12.1 Å². The van der Waals surface area contributed by atoms with Crippen LogP contribution in [0.5, 0.6) is 0 Å². The van der Waals surface area contributed by atoms with E-state index in [2.05, 4.69) is 0 Å². The summed E-state index contributed by atoms with van der Waals surface area (Å²) in [6, 6.07) is 4.67. The molecule has 13 heavy (non-hydrogen) atoms. The van der Waals surface area contributed by atoms with Crippen molar-refractivity contribution in [2.24, 2.45) is 5.73 Å². The van der Waals surface area contributed by atoms with Gasteiger partial charge in [-0.15, -0.1) is 0 Å². The molecule has 0 saturated heterocycles. The number of hydrogen-bond donors (Lipinski definition) is 1. The molecule has 0 spiro atoms. The van der Waals surface area contributed by atoms with Gasteiger partial charge in [0, 0.05) is 12.1 Å². The molecule has 2 nitrogen and oxygen atoms in total. The molecule has 2 N–H and O–H groups in total. The third kappa shape index (κ3) is 2.49. The highest BCUT2D eigenvalue weighted by Gasteiger charge is 1.99. The van der Waals surface area contributed by atoms with E-state index < -0.39 is 0 Å². The highest BCUT2D eigenvalue weighted by atomic mass is 19.1. The number of carbonyl (C=O) groups excluding carboxylic acids is 1. The summed E-state index contributed by atoms with van der Waals surface area (Å²) in [5.41, 5.74) is 6.42. The van der Waals surface area contributed by atoms with E-state index in [1.165, 1.54) is 18.2 Å². The van der Waals surface area contributed by atoms with Crippen LogP contribution >= 0.6 is 0 Å². The first-order valence-electron chi connectivity index (χ1n) is 3.88. The van der Waals surface area contributed by atoms with Crippen LogP contribution in [0.4, 0.5) is 4.39 Å². The van der Waals surface area contributed by atoms with Crippen LogP contribution < -0.4 is 5.73 Å². The van der Waals surface area contributed by atoms with Crippen molar-refractivity contribution in [3.8, 4) is 0 Å². The van der Waals surface area contributed by atoms with Crippen molar-refractivity contribution < 1.29 is 9.18 Å². The molecule has 0 radical (unpaired) electrons. The Bertz CT molecular complexity index is 334. The van der Waals surface area contributed by atoms with E-state index in [1.54, 1.807) is 12.1 Å². The lowest BCUT2D eigenvalue weighted by atomic mass is 10.1. The Kier molecular flexibility index (Phi) is 3.34. The van der Waals surface area contributed by atoms with E-state index in [-0.39, 0.29) is 12.4 Å². The fourth-order valence-corrected chi connectivity index (χ4v) is 0.983. The lowest BCUT2D eigenvalue weighted by Crippen LogP contribution is -1.99. The fourth-order valence-electron chi connectivity index (χ4n) is 0.983. The van der Waals surface area contributed by atoms with Crippen molar-refractivity contribution in [1.29, 1.82) is 0 Å². The molecule has 0 fully saturated rings. The van der Waals surface area contributed by atoms with Crippen LogP contribution in [0, 0.1) is 5.82 Å². The summed E-state index contributed by atoms with van der Waals surface area (Å²) >= 11 is 0. The Morgan fingerprint density at radius 3 is 2.77 bits per heavy atom. The van der Waals surface area contributed by atoms with Crippen molar-refractivity contribution >= 4 is 12.4 Å². The molecular weight excluding hydrogens is 169 g/mol. The van der Waals surface area contributed by atoms with Crippen LogP contribution in [0.1, 0.15) is 11.1 Å². The molecule has 0 amide bonds. The summed E-state index contributed by atoms with van der Waals surface area (Å²) in [5.74, 6) is -0.337. The van der Waals surface area contributed by atoms with E-state index in [0.29, 0.717) is 17.4 Å². The first-order chi connectivity index (χ1) is 6.27. The van der Waals surface area contributed by atoms with Crippen molar-refractivity contribution in [3.63, 3.8) is 0 Å². The summed E-state index contributed by atoms with van der Waals surface area (Å²) in [6.45, 7) is 0.184. The molecule has 1 aromatic rings. The lowest BCUT2D eigenvalue weighted by Gasteiger charge is -1.99. The number of benzene rings is 1. The Balaban J connectivity index is 2.95. The summed E-state index contributed by atoms with van der Waals surface area (Å²) in [6.07, 6.45) is 3.50. The van der Waals surface area contributed by atoms with E-state index in [1.807, 2.05) is 0 Å². The van der Waals surface area contributed by atoms with Gasteiger partial charge in [-0.2, -0.15) is 0 Å². The minimum absolute atomic E-state index is 0.184. The van der Waals surface area contributed by atoms with Crippen LogP contribution in [0.3, 0.4) is 0 Å². The number of halogens is 1. The molecular formula is C10H10FNO. The molecule has 0 bridgehead atoms. The minimum atomic E-state index is -0.337.